The molecule has 2 atom stereocenters. The molecule has 0 amide bonds. The fourth-order valence-corrected chi connectivity index (χ4v) is 1060. The summed E-state index contributed by atoms with van der Waals surface area (Å²) < 4.78 is 13.6. The molecule has 550 valence electrons. The number of fused-ring (bicyclic) bond motifs is 16. The summed E-state index contributed by atoms with van der Waals surface area (Å²) in [6, 6.07) is 51.2. The molecule has 13 aromatic heterocycles. The van der Waals surface area contributed by atoms with Gasteiger partial charge in [0.15, 0.2) is 16.9 Å². The number of imidazole rings is 4. The quantitative estimate of drug-likeness (QED) is 0.0383. The number of benzene rings is 3. The third kappa shape index (κ3) is 19.5. The van der Waals surface area contributed by atoms with Crippen molar-refractivity contribution in [3.63, 3.8) is 0 Å². The Bertz CT molecular complexity index is 6020. The zero-order chi connectivity index (χ0) is 74.2. The second kappa shape index (κ2) is 39.1. The molecule has 105 heavy (non-hydrogen) atoms. The van der Waals surface area contributed by atoms with Crippen LogP contribution in [0, 0.1) is 6.92 Å². The van der Waals surface area contributed by atoms with E-state index in [1.807, 2.05) is 220 Å². The van der Waals surface area contributed by atoms with Gasteiger partial charge in [0.1, 0.15) is 49.6 Å². The van der Waals surface area contributed by atoms with E-state index in [1.165, 1.54) is 0 Å². The fourth-order valence-electron chi connectivity index (χ4n) is 10.8. The average Bonchev–Trinajstić information content (AvgIpc) is 1.63. The minimum atomic E-state index is -1.14. The number of pyridine rings is 9. The van der Waals surface area contributed by atoms with Gasteiger partial charge in [0.2, 0.25) is 0 Å². The molecule has 16 aromatic rings. The summed E-state index contributed by atoms with van der Waals surface area (Å²) in [5, 5.41) is 22.5. The molecule has 16 rings (SSSR count). The Morgan fingerprint density at radius 2 is 0.924 bits per heavy atom. The zero-order valence-corrected chi connectivity index (χ0v) is 80.6. The van der Waals surface area contributed by atoms with Gasteiger partial charge in [0.25, 0.3) is 16.7 Å². The summed E-state index contributed by atoms with van der Waals surface area (Å²) in [7, 11) is -1.16. The minimum Gasteiger partial charge on any atom is -0.285 e. The molecule has 0 aliphatic rings. The van der Waals surface area contributed by atoms with Gasteiger partial charge in [-0.25, -0.2) is 29.9 Å². The molecule has 0 saturated heterocycles. The van der Waals surface area contributed by atoms with E-state index in [0.29, 0.717) is 52.3 Å². The van der Waals surface area contributed by atoms with E-state index in [2.05, 4.69) is 171 Å². The summed E-state index contributed by atoms with van der Waals surface area (Å²) in [5.41, 5.74) is 15.6. The first kappa shape index (κ1) is 84.7. The Morgan fingerprint density at radius 3 is 1.29 bits per heavy atom. The van der Waals surface area contributed by atoms with E-state index in [1.54, 1.807) is 39.1 Å². The van der Waals surface area contributed by atoms with Crippen molar-refractivity contribution < 1.29 is 33.1 Å². The summed E-state index contributed by atoms with van der Waals surface area (Å²) >= 11 is 30.1. The molecule has 5 N–H and O–H groups in total. The number of aliphatic hydroxyl groups excluding tert-OH is 2. The van der Waals surface area contributed by atoms with Crippen LogP contribution in [0.1, 0.15) is 27.0 Å². The van der Waals surface area contributed by atoms with Crippen molar-refractivity contribution in [3.05, 3.63) is 249 Å². The number of hydrogen-bond acceptors (Lipinski definition) is 15. The van der Waals surface area contributed by atoms with Crippen LogP contribution in [-0.4, -0.2) is 107 Å². The number of rotatable bonds is 12. The molecule has 0 aliphatic heterocycles. The number of carbonyl (C=O) groups excluding carboxylic acids is 2. The van der Waals surface area contributed by atoms with Crippen LogP contribution in [0.5, 0.6) is 0 Å². The number of nitrogens with two attached hydrogens (primary N) is 1. The number of halogens is 14. The first-order chi connectivity index (χ1) is 50.0. The monoisotopic (exact) mass is 2750 g/mol. The fraction of sp³-hybridized carbons (Fsp3) is 0.116. The number of nitrogens with one attached hydrogen (secondary N) is 1. The number of aliphatic hydroxyl groups is 2. The van der Waals surface area contributed by atoms with Crippen LogP contribution in [-0.2, 0) is 9.59 Å². The first-order valence-electron chi connectivity index (χ1n) is 30.3. The largest absolute Gasteiger partial charge is 0.304 e. The van der Waals surface area contributed by atoms with Crippen molar-refractivity contribution in [2.45, 2.75) is 40.3 Å². The third-order valence-corrected chi connectivity index (χ3v) is 594. The van der Waals surface area contributed by atoms with Crippen LogP contribution in [0.4, 0.5) is 5.82 Å². The minimum absolute atomic E-state index is 0. The standard InChI is InChI=1S/C22H19N5O2.C22H15N5O.C19H11BrN4O.C3H9NO.C2Cl2O2.CH4.I11/c1-14(13-28)24-18-10-9-15(12-23-18)27-21-20(25-19-8-4-5-11-26(19)21)16-6-2-3-7-17(16)22(27)29;1-14-12-25-13-15(9-10-18(25)23-14)27-21-20(24-19-8-4-5-11-26(19)21)16-6-2-3-7-17(16)22(27)28;20-15-9-8-12(11-21-15)24-18-17(22-16-7-3-4-10-23(16)18)13-5-1-2-6-14(13)19(24)25;1-3(4)2-5;3-1(5)2(4)6;;1-7-9(4)11(6)10(5)8(2)3/h2-12,14,28H,13H2,1H3,(H,23,24);2-13H,1H3;1-11H;3,5H,2,4H2,1H3;;1H4;/q;;;;;;-1. The molecule has 13 heterocycles. The Hall–Kier alpha value is -2.76. The summed E-state index contributed by atoms with van der Waals surface area (Å²) in [4.78, 5) is 86.6. The predicted octanol–water partition coefficient (Wildman–Crippen LogP) is 17.0. The molecule has 3 aromatic carbocycles. The van der Waals surface area contributed by atoms with Gasteiger partial charge in [-0.15, -0.1) is 0 Å². The molecular weight excluding hydrogens is 2700 g/mol. The van der Waals surface area contributed by atoms with Crippen molar-refractivity contribution in [1.29, 1.82) is 0 Å². The van der Waals surface area contributed by atoms with Gasteiger partial charge in [-0.2, -0.15) is 0 Å². The normalized spacial score (nSPS) is 12.3. The van der Waals surface area contributed by atoms with E-state index >= 15 is 0 Å². The van der Waals surface area contributed by atoms with Gasteiger partial charge < -0.3 is 25.7 Å². The topological polar surface area (TPSA) is 274 Å². The SMILES string of the molecule is C.CC(CO)Nc1ccc(-n2c(=O)c3ccccc3c3nc4ccccn4c32)cn1.CC(N)CO.Cc1cn2cc(-n3c(=O)c4ccccc4c4nc5ccccn5c43)ccc2n1.I[I-]I(I)I(I)I(I)I(I)I.O=C(Cl)C(=O)Cl.O=c1c2ccccc2c2nc3ccccn3c2n1-c1ccc(Br)nc1. The van der Waals surface area contributed by atoms with E-state index in [9.17, 15) is 29.1 Å². The van der Waals surface area contributed by atoms with Gasteiger partial charge >= 0.3 is 167 Å². The maximum absolute atomic E-state index is 13.5. The molecule has 0 aliphatic carbocycles. The molecule has 0 radical (unpaired) electrons. The van der Waals surface area contributed by atoms with Gasteiger partial charge in [-0.3, -0.25) is 50.9 Å². The molecular formula is C69H58BrCl2I11N15O7-. The average molecular weight is 2760 g/mol. The van der Waals surface area contributed by atoms with Crippen molar-refractivity contribution in [2.75, 3.05) is 18.5 Å². The zero-order valence-electron chi connectivity index (χ0n) is 53.8. The summed E-state index contributed by atoms with van der Waals surface area (Å²) in [5.74, 6) is 0.638. The van der Waals surface area contributed by atoms with Gasteiger partial charge in [-0.1, -0.05) is 80.2 Å². The van der Waals surface area contributed by atoms with Crippen molar-refractivity contribution in [3.8, 4) is 17.1 Å². The van der Waals surface area contributed by atoms with Gasteiger partial charge in [0.05, 0.1) is 48.4 Å². The first-order valence-corrected chi connectivity index (χ1v) is 94.8. The molecule has 0 fully saturated rings. The van der Waals surface area contributed by atoms with Crippen LogP contribution in [0.2, 0.25) is 0 Å². The van der Waals surface area contributed by atoms with E-state index in [0.717, 1.165) is 82.6 Å². The Kier molecular flexibility index (Phi) is 31.6. The summed E-state index contributed by atoms with van der Waals surface area (Å²) in [6.07, 6.45) is 13.0. The maximum Gasteiger partial charge on any atom is 0.304 e. The van der Waals surface area contributed by atoms with Crippen molar-refractivity contribution in [1.82, 2.24) is 61.2 Å². The number of anilines is 1. The molecule has 0 spiro atoms. The molecule has 36 heteroatoms. The Morgan fingerprint density at radius 1 is 0.533 bits per heavy atom. The smallest absolute Gasteiger partial charge is 0.285 e. The van der Waals surface area contributed by atoms with E-state index in [-0.39, 0.29) is 81.0 Å². The molecule has 0 saturated carbocycles. The van der Waals surface area contributed by atoms with Gasteiger partial charge in [0, 0.05) is 75.4 Å². The Labute approximate surface area is 699 Å². The van der Waals surface area contributed by atoms with Gasteiger partial charge in [-0.05, 0) is 151 Å². The number of aryl methyl sites for hydroxylation is 1. The number of hydrogen-bond donors (Lipinski definition) is 4. The van der Waals surface area contributed by atoms with Crippen LogP contribution in [0.15, 0.2) is 226 Å². The maximum atomic E-state index is 13.5. The third-order valence-electron chi connectivity index (χ3n) is 15.2. The number of nitrogens with zero attached hydrogens (tertiary/aromatic N) is 13. The molecule has 22 nitrogen and oxygen atoms in total. The van der Waals surface area contributed by atoms with Crippen molar-refractivity contribution in [2.24, 2.45) is 5.73 Å². The predicted molar refractivity (Wildman–Crippen MR) is 514 cm³/mol. The van der Waals surface area contributed by atoms with Crippen LogP contribution >= 0.6 is 182 Å². The number of aromatic nitrogens is 13. The summed E-state index contributed by atoms with van der Waals surface area (Å²) in [6.45, 7) is 5.67. The molecule has 2 unspecified atom stereocenters. The second-order valence-corrected chi connectivity index (χ2v) is 235. The van der Waals surface area contributed by atoms with Crippen LogP contribution in [0.3, 0.4) is 0 Å². The van der Waals surface area contributed by atoms with Crippen molar-refractivity contribution >= 4 is 287 Å². The van der Waals surface area contributed by atoms with Crippen LogP contribution in [0.25, 0.3) is 105 Å². The molecule has 0 bridgehead atoms. The van der Waals surface area contributed by atoms with E-state index < -0.39 is 10.5 Å². The van der Waals surface area contributed by atoms with E-state index in [4.69, 9.17) is 25.8 Å². The number of carbonyl (C=O) groups is 2. The Balaban J connectivity index is 0.000000147. The van der Waals surface area contributed by atoms with Crippen LogP contribution < -0.4 is 41.0 Å². The second-order valence-electron chi connectivity index (χ2n) is 22.1.